The van der Waals surface area contributed by atoms with Gasteiger partial charge in [0, 0.05) is 5.92 Å². The lowest BCUT2D eigenvalue weighted by Gasteiger charge is -1.95. The maximum Gasteiger partial charge on any atom is 0.384 e. The van der Waals surface area contributed by atoms with Gasteiger partial charge in [0.15, 0.2) is 0 Å². The van der Waals surface area contributed by atoms with Crippen molar-refractivity contribution < 1.29 is 19.1 Å². The minimum atomic E-state index is -0.571. The Balaban J connectivity index is 2.68. The highest BCUT2D eigenvalue weighted by atomic mass is 32.1. The summed E-state index contributed by atoms with van der Waals surface area (Å²) in [5, 5.41) is 0. The first-order valence-corrected chi connectivity index (χ1v) is 5.94. The van der Waals surface area contributed by atoms with E-state index in [2.05, 4.69) is 16.6 Å². The zero-order chi connectivity index (χ0) is 12.7. The lowest BCUT2D eigenvalue weighted by molar-refractivity contribution is -0.136. The van der Waals surface area contributed by atoms with E-state index >= 15 is 0 Å². The van der Waals surface area contributed by atoms with Gasteiger partial charge in [0.2, 0.25) is 0 Å². The first-order valence-electron chi connectivity index (χ1n) is 5.13. The monoisotopic (exact) mass is 252 g/mol. The van der Waals surface area contributed by atoms with Crippen LogP contribution in [0.15, 0.2) is 12.1 Å². The van der Waals surface area contributed by atoms with Gasteiger partial charge in [-0.1, -0.05) is 0 Å². The molecule has 0 bridgehead atoms. The van der Waals surface area contributed by atoms with Crippen molar-refractivity contribution in [3.05, 3.63) is 21.9 Å². The van der Waals surface area contributed by atoms with E-state index < -0.39 is 5.97 Å². The van der Waals surface area contributed by atoms with Crippen molar-refractivity contribution in [1.29, 1.82) is 0 Å². The molecule has 0 fully saturated rings. The summed E-state index contributed by atoms with van der Waals surface area (Å²) in [5.74, 6) is 4.02. The van der Waals surface area contributed by atoms with Gasteiger partial charge in [-0.25, -0.2) is 9.59 Å². The van der Waals surface area contributed by atoms with Gasteiger partial charge >= 0.3 is 11.9 Å². The maximum atomic E-state index is 11.3. The Hall–Kier alpha value is -1.80. The Morgan fingerprint density at radius 3 is 2.59 bits per heavy atom. The summed E-state index contributed by atoms with van der Waals surface area (Å²) in [6.45, 7) is 4.09. The van der Waals surface area contributed by atoms with Crippen LogP contribution >= 0.6 is 11.3 Å². The molecular formula is C12H12O4S. The number of hydrogen-bond acceptors (Lipinski definition) is 5. The molecule has 0 aliphatic rings. The highest BCUT2D eigenvalue weighted by Gasteiger charge is 2.08. The van der Waals surface area contributed by atoms with Gasteiger partial charge < -0.3 is 9.47 Å². The summed E-state index contributed by atoms with van der Waals surface area (Å²) < 4.78 is 9.49. The molecule has 0 saturated heterocycles. The first kappa shape index (κ1) is 13.3. The Labute approximate surface area is 104 Å². The lowest BCUT2D eigenvalue weighted by Crippen LogP contribution is -2.01. The minimum Gasteiger partial charge on any atom is -0.462 e. The summed E-state index contributed by atoms with van der Waals surface area (Å²) in [7, 11) is 0. The molecule has 1 aromatic rings. The average molecular weight is 252 g/mol. The van der Waals surface area contributed by atoms with E-state index in [1.165, 1.54) is 11.3 Å². The number of carbonyl (C=O) groups excluding carboxylic acids is 2. The molecule has 0 amide bonds. The second-order valence-electron chi connectivity index (χ2n) is 2.85. The summed E-state index contributed by atoms with van der Waals surface area (Å²) >= 11 is 1.19. The highest BCUT2D eigenvalue weighted by Crippen LogP contribution is 2.16. The van der Waals surface area contributed by atoms with Crippen molar-refractivity contribution in [1.82, 2.24) is 0 Å². The quantitative estimate of drug-likeness (QED) is 0.608. The number of esters is 2. The fourth-order valence-electron chi connectivity index (χ4n) is 0.997. The predicted molar refractivity (Wildman–Crippen MR) is 63.8 cm³/mol. The second kappa shape index (κ2) is 6.71. The SMILES string of the molecule is CCOC(=O)C#Cc1ccc(C(=O)OCC)s1. The molecule has 1 heterocycles. The van der Waals surface area contributed by atoms with Crippen LogP contribution in [-0.2, 0) is 14.3 Å². The van der Waals surface area contributed by atoms with E-state index in [1.54, 1.807) is 26.0 Å². The molecule has 17 heavy (non-hydrogen) atoms. The Bertz CT molecular complexity index is 464. The third kappa shape index (κ3) is 4.29. The molecule has 0 aliphatic carbocycles. The van der Waals surface area contributed by atoms with Gasteiger partial charge in [-0.15, -0.1) is 11.3 Å². The van der Waals surface area contributed by atoms with E-state index in [0.717, 1.165) is 0 Å². The van der Waals surface area contributed by atoms with Crippen LogP contribution in [0.5, 0.6) is 0 Å². The van der Waals surface area contributed by atoms with E-state index in [0.29, 0.717) is 23.0 Å². The predicted octanol–water partition coefficient (Wildman–Crippen LogP) is 1.84. The molecule has 0 spiro atoms. The van der Waals surface area contributed by atoms with Crippen molar-refractivity contribution in [3.8, 4) is 11.8 Å². The average Bonchev–Trinajstić information content (AvgIpc) is 2.76. The largest absolute Gasteiger partial charge is 0.462 e. The Morgan fingerprint density at radius 1 is 1.24 bits per heavy atom. The molecule has 5 heteroatoms. The minimum absolute atomic E-state index is 0.298. The first-order chi connectivity index (χ1) is 8.17. The molecular weight excluding hydrogens is 240 g/mol. The second-order valence-corrected chi connectivity index (χ2v) is 3.94. The molecule has 0 atom stereocenters. The van der Waals surface area contributed by atoms with Crippen molar-refractivity contribution in [3.63, 3.8) is 0 Å². The van der Waals surface area contributed by atoms with E-state index in [4.69, 9.17) is 4.74 Å². The van der Waals surface area contributed by atoms with Gasteiger partial charge in [0.25, 0.3) is 0 Å². The van der Waals surface area contributed by atoms with Crippen LogP contribution in [0.1, 0.15) is 28.4 Å². The van der Waals surface area contributed by atoms with E-state index in [-0.39, 0.29) is 5.97 Å². The number of ether oxygens (including phenoxy) is 2. The topological polar surface area (TPSA) is 52.6 Å². The fraction of sp³-hybridized carbons (Fsp3) is 0.333. The molecule has 1 aromatic heterocycles. The van der Waals surface area contributed by atoms with Crippen LogP contribution in [-0.4, -0.2) is 25.2 Å². The molecule has 0 unspecified atom stereocenters. The molecule has 0 radical (unpaired) electrons. The van der Waals surface area contributed by atoms with Crippen LogP contribution in [0.2, 0.25) is 0 Å². The number of hydrogen-bond donors (Lipinski definition) is 0. The number of carbonyl (C=O) groups is 2. The maximum absolute atomic E-state index is 11.3. The zero-order valence-corrected chi connectivity index (χ0v) is 10.4. The van der Waals surface area contributed by atoms with Crippen LogP contribution in [0.25, 0.3) is 0 Å². The molecule has 0 saturated carbocycles. The molecule has 4 nitrogen and oxygen atoms in total. The molecule has 90 valence electrons. The zero-order valence-electron chi connectivity index (χ0n) is 9.61. The smallest absolute Gasteiger partial charge is 0.384 e. The number of thiophene rings is 1. The van der Waals surface area contributed by atoms with Crippen molar-refractivity contribution in [2.45, 2.75) is 13.8 Å². The van der Waals surface area contributed by atoms with Crippen molar-refractivity contribution in [2.24, 2.45) is 0 Å². The third-order valence-electron chi connectivity index (χ3n) is 1.65. The molecule has 0 N–H and O–H groups in total. The van der Waals surface area contributed by atoms with Gasteiger partial charge in [0.05, 0.1) is 18.1 Å². The van der Waals surface area contributed by atoms with Crippen LogP contribution in [0, 0.1) is 11.8 Å². The van der Waals surface area contributed by atoms with E-state index in [9.17, 15) is 9.59 Å². The van der Waals surface area contributed by atoms with Gasteiger partial charge in [-0.05, 0) is 31.9 Å². The molecule has 0 aromatic carbocycles. The van der Waals surface area contributed by atoms with Crippen molar-refractivity contribution in [2.75, 3.05) is 13.2 Å². The van der Waals surface area contributed by atoms with E-state index in [1.807, 2.05) is 0 Å². The van der Waals surface area contributed by atoms with Gasteiger partial charge in [0.1, 0.15) is 4.88 Å². The van der Waals surface area contributed by atoms with Gasteiger partial charge in [-0.3, -0.25) is 0 Å². The van der Waals surface area contributed by atoms with Crippen LogP contribution < -0.4 is 0 Å². The van der Waals surface area contributed by atoms with Gasteiger partial charge in [-0.2, -0.15) is 0 Å². The normalized spacial score (nSPS) is 9.06. The third-order valence-corrected chi connectivity index (χ3v) is 2.63. The van der Waals surface area contributed by atoms with Crippen LogP contribution in [0.4, 0.5) is 0 Å². The highest BCUT2D eigenvalue weighted by molar-refractivity contribution is 7.14. The van der Waals surface area contributed by atoms with Crippen LogP contribution in [0.3, 0.4) is 0 Å². The molecule has 1 rings (SSSR count). The fourth-order valence-corrected chi connectivity index (χ4v) is 1.75. The summed E-state index contributed by atoms with van der Waals surface area (Å²) in [6.07, 6.45) is 0. The summed E-state index contributed by atoms with van der Waals surface area (Å²) in [6, 6.07) is 3.29. The summed E-state index contributed by atoms with van der Waals surface area (Å²) in [4.78, 5) is 23.4. The van der Waals surface area contributed by atoms with Crippen molar-refractivity contribution >= 4 is 23.3 Å². The lowest BCUT2D eigenvalue weighted by atomic mass is 10.4. The Morgan fingerprint density at radius 2 is 1.94 bits per heavy atom. The summed E-state index contributed by atoms with van der Waals surface area (Å²) in [5.41, 5.74) is 0. The standard InChI is InChI=1S/C12H12O4S/c1-3-15-11(13)8-6-9-5-7-10(17-9)12(14)16-4-2/h5,7H,3-4H2,1-2H3. The number of rotatable bonds is 3. The molecule has 0 aliphatic heterocycles. The Kier molecular flexibility index (Phi) is 5.24.